The molecule has 30 heavy (non-hydrogen) atoms. The van der Waals surface area contributed by atoms with Crippen LogP contribution in [0.5, 0.6) is 0 Å². The molecule has 3 nitrogen and oxygen atoms in total. The lowest BCUT2D eigenvalue weighted by atomic mass is 9.81. The predicted molar refractivity (Wildman–Crippen MR) is 130 cm³/mol. The maximum atomic E-state index is 13.1. The number of hydrogen-bond donors (Lipinski definition) is 1. The van der Waals surface area contributed by atoms with E-state index >= 15 is 0 Å². The van der Waals surface area contributed by atoms with Gasteiger partial charge in [0.05, 0.1) is 5.92 Å². The predicted octanol–water partition coefficient (Wildman–Crippen LogP) is 7.59. The van der Waals surface area contributed by atoms with E-state index in [4.69, 9.17) is 4.74 Å². The monoisotopic (exact) mass is 421 g/mol. The van der Waals surface area contributed by atoms with Crippen molar-refractivity contribution < 1.29 is 9.53 Å². The standard InChI is InChI=1S/C27H51NO2/c1-8-10-12-14-16-22(3)18-19-23(17-15-13-11-9-2)25(29)30-24-20-26(4,5)28-27(6,7)21-24/h18-19,22-24,28H,8-17,20-21H2,1-7H3. The summed E-state index contributed by atoms with van der Waals surface area (Å²) in [6, 6.07) is 0. The second-order valence-electron chi connectivity index (χ2n) is 11.0. The summed E-state index contributed by atoms with van der Waals surface area (Å²) in [6.07, 6.45) is 18.3. The summed E-state index contributed by atoms with van der Waals surface area (Å²) >= 11 is 0. The van der Waals surface area contributed by atoms with E-state index in [2.05, 4.69) is 65.9 Å². The molecule has 0 aromatic heterocycles. The first-order valence-corrected chi connectivity index (χ1v) is 12.8. The molecule has 0 aliphatic carbocycles. The Morgan fingerprint density at radius 3 is 1.97 bits per heavy atom. The summed E-state index contributed by atoms with van der Waals surface area (Å²) in [5, 5.41) is 3.68. The van der Waals surface area contributed by atoms with Crippen LogP contribution in [0.15, 0.2) is 12.2 Å². The van der Waals surface area contributed by atoms with Gasteiger partial charge >= 0.3 is 5.97 Å². The first-order valence-electron chi connectivity index (χ1n) is 12.8. The molecule has 3 heteroatoms. The summed E-state index contributed by atoms with van der Waals surface area (Å²) in [4.78, 5) is 13.1. The van der Waals surface area contributed by atoms with Crippen LogP contribution in [-0.2, 0) is 9.53 Å². The van der Waals surface area contributed by atoms with Crippen LogP contribution < -0.4 is 5.32 Å². The lowest BCUT2D eigenvalue weighted by Crippen LogP contribution is -2.59. The number of piperidine rings is 1. The Bertz CT molecular complexity index is 493. The molecule has 0 saturated carbocycles. The van der Waals surface area contributed by atoms with Crippen molar-refractivity contribution in [3.05, 3.63) is 12.2 Å². The largest absolute Gasteiger partial charge is 0.462 e. The average molecular weight is 422 g/mol. The van der Waals surface area contributed by atoms with Crippen molar-refractivity contribution >= 4 is 5.97 Å². The van der Waals surface area contributed by atoms with Crippen molar-refractivity contribution in [2.45, 2.75) is 143 Å². The lowest BCUT2D eigenvalue weighted by molar-refractivity contribution is -0.156. The van der Waals surface area contributed by atoms with Gasteiger partial charge in [-0.1, -0.05) is 84.3 Å². The summed E-state index contributed by atoms with van der Waals surface area (Å²) < 4.78 is 6.10. The van der Waals surface area contributed by atoms with Gasteiger partial charge in [-0.2, -0.15) is 0 Å². The number of ether oxygens (including phenoxy) is 1. The third-order valence-corrected chi connectivity index (χ3v) is 6.29. The first-order chi connectivity index (χ1) is 14.1. The fourth-order valence-corrected chi connectivity index (χ4v) is 4.96. The van der Waals surface area contributed by atoms with Crippen molar-refractivity contribution in [1.82, 2.24) is 5.32 Å². The third-order valence-electron chi connectivity index (χ3n) is 6.29. The molecule has 0 bridgehead atoms. The van der Waals surface area contributed by atoms with E-state index in [1.165, 1.54) is 51.4 Å². The van der Waals surface area contributed by atoms with Gasteiger partial charge in [0, 0.05) is 23.9 Å². The number of esters is 1. The van der Waals surface area contributed by atoms with Gasteiger partial charge < -0.3 is 10.1 Å². The molecule has 1 N–H and O–H groups in total. The summed E-state index contributed by atoms with van der Waals surface area (Å²) in [5.41, 5.74) is -0.0156. The van der Waals surface area contributed by atoms with Gasteiger partial charge in [-0.25, -0.2) is 0 Å². The highest BCUT2D eigenvalue weighted by atomic mass is 16.5. The fourth-order valence-electron chi connectivity index (χ4n) is 4.96. The molecule has 0 aromatic rings. The Labute approximate surface area is 187 Å². The van der Waals surface area contributed by atoms with E-state index < -0.39 is 0 Å². The number of carbonyl (C=O) groups is 1. The van der Waals surface area contributed by atoms with Crippen molar-refractivity contribution in [1.29, 1.82) is 0 Å². The third kappa shape index (κ3) is 11.5. The molecule has 2 unspecified atom stereocenters. The Balaban J connectivity index is 2.68. The Hall–Kier alpha value is -0.830. The van der Waals surface area contributed by atoms with Gasteiger partial charge in [-0.3, -0.25) is 4.79 Å². The highest BCUT2D eigenvalue weighted by Gasteiger charge is 2.39. The minimum Gasteiger partial charge on any atom is -0.462 e. The number of rotatable bonds is 14. The van der Waals surface area contributed by atoms with E-state index in [-0.39, 0.29) is 29.1 Å². The molecule has 176 valence electrons. The van der Waals surface area contributed by atoms with Crippen molar-refractivity contribution in [3.8, 4) is 0 Å². The lowest BCUT2D eigenvalue weighted by Gasteiger charge is -2.46. The van der Waals surface area contributed by atoms with E-state index in [1.807, 2.05) is 0 Å². The maximum absolute atomic E-state index is 13.1. The first kappa shape index (κ1) is 27.2. The fraction of sp³-hybridized carbons (Fsp3) is 0.889. The van der Waals surface area contributed by atoms with Crippen LogP contribution in [0.3, 0.4) is 0 Å². The Morgan fingerprint density at radius 2 is 1.43 bits per heavy atom. The molecule has 1 saturated heterocycles. The van der Waals surface area contributed by atoms with E-state index in [1.54, 1.807) is 0 Å². The zero-order valence-electron chi connectivity index (χ0n) is 21.2. The SMILES string of the molecule is CCCCCCC(C)C=CC(CCCCCC)C(=O)OC1CC(C)(C)NC(C)(C)C1. The van der Waals surface area contributed by atoms with Crippen LogP contribution in [0.2, 0.25) is 0 Å². The molecule has 2 atom stereocenters. The van der Waals surface area contributed by atoms with Gasteiger partial charge in [0.15, 0.2) is 0 Å². The van der Waals surface area contributed by atoms with Crippen molar-refractivity contribution in [2.75, 3.05) is 0 Å². The highest BCUT2D eigenvalue weighted by molar-refractivity contribution is 5.74. The molecule has 0 amide bonds. The number of nitrogens with one attached hydrogen (secondary N) is 1. The van der Waals surface area contributed by atoms with Crippen LogP contribution in [0.1, 0.15) is 126 Å². The minimum atomic E-state index is -0.0962. The molecular weight excluding hydrogens is 370 g/mol. The van der Waals surface area contributed by atoms with Crippen molar-refractivity contribution in [3.63, 3.8) is 0 Å². The number of allylic oxidation sites excluding steroid dienone is 1. The number of carbonyl (C=O) groups excluding carboxylic acids is 1. The second-order valence-corrected chi connectivity index (χ2v) is 11.0. The molecule has 1 fully saturated rings. The summed E-state index contributed by atoms with van der Waals surface area (Å²) in [6.45, 7) is 15.6. The topological polar surface area (TPSA) is 38.3 Å². The van der Waals surface area contributed by atoms with E-state index in [9.17, 15) is 4.79 Å². The van der Waals surface area contributed by atoms with Crippen molar-refractivity contribution in [2.24, 2.45) is 11.8 Å². The zero-order valence-corrected chi connectivity index (χ0v) is 21.2. The number of hydrogen-bond acceptors (Lipinski definition) is 3. The van der Waals surface area contributed by atoms with Gasteiger partial charge in [-0.05, 0) is 46.5 Å². The minimum absolute atomic E-state index is 0.00163. The van der Waals surface area contributed by atoms with Crippen LogP contribution in [0.4, 0.5) is 0 Å². The molecule has 1 heterocycles. The number of unbranched alkanes of at least 4 members (excludes halogenated alkanes) is 6. The molecule has 1 aliphatic heterocycles. The molecule has 1 aliphatic rings. The average Bonchev–Trinajstić information content (AvgIpc) is 2.61. The van der Waals surface area contributed by atoms with Crippen LogP contribution in [0.25, 0.3) is 0 Å². The van der Waals surface area contributed by atoms with Gasteiger partial charge in [0.25, 0.3) is 0 Å². The van der Waals surface area contributed by atoms with Crippen LogP contribution in [0, 0.1) is 11.8 Å². The molecule has 0 aromatic carbocycles. The maximum Gasteiger partial charge on any atom is 0.313 e. The zero-order chi connectivity index (χ0) is 22.6. The molecule has 0 spiro atoms. The van der Waals surface area contributed by atoms with Crippen LogP contribution >= 0.6 is 0 Å². The summed E-state index contributed by atoms with van der Waals surface area (Å²) in [5.74, 6) is 0.421. The Morgan fingerprint density at radius 1 is 0.900 bits per heavy atom. The summed E-state index contributed by atoms with van der Waals surface area (Å²) in [7, 11) is 0. The molecular formula is C27H51NO2. The van der Waals surface area contributed by atoms with E-state index in [0.29, 0.717) is 5.92 Å². The second kappa shape index (κ2) is 13.6. The molecule has 1 rings (SSSR count). The van der Waals surface area contributed by atoms with Gasteiger partial charge in [-0.15, -0.1) is 0 Å². The normalized spacial score (nSPS) is 20.9. The molecule has 0 radical (unpaired) electrons. The van der Waals surface area contributed by atoms with Gasteiger partial charge in [0.1, 0.15) is 6.10 Å². The van der Waals surface area contributed by atoms with Gasteiger partial charge in [0.2, 0.25) is 0 Å². The Kier molecular flexibility index (Phi) is 12.3. The van der Waals surface area contributed by atoms with Crippen LogP contribution in [-0.4, -0.2) is 23.2 Å². The highest BCUT2D eigenvalue weighted by Crippen LogP contribution is 2.31. The van der Waals surface area contributed by atoms with E-state index in [0.717, 1.165) is 25.7 Å². The quantitative estimate of drug-likeness (QED) is 0.178. The smallest absolute Gasteiger partial charge is 0.313 e.